The zero-order valence-corrected chi connectivity index (χ0v) is 10.3. The number of phenolic OH excluding ortho intramolecular Hbond substituents is 1. The Kier molecular flexibility index (Phi) is 3.76. The second-order valence-electron chi connectivity index (χ2n) is 4.12. The Labute approximate surface area is 110 Å². The highest BCUT2D eigenvalue weighted by Gasteiger charge is 2.18. The first kappa shape index (κ1) is 13.0. The number of halogens is 1. The molecule has 2 nitrogen and oxygen atoms in total. The SMILES string of the molecule is C=CCc1ccc(C(=O)c2ccccc2)c(O)c1F. The fourth-order valence-corrected chi connectivity index (χ4v) is 1.85. The van der Waals surface area contributed by atoms with Gasteiger partial charge in [0.1, 0.15) is 0 Å². The average molecular weight is 256 g/mol. The highest BCUT2D eigenvalue weighted by molar-refractivity contribution is 6.10. The van der Waals surface area contributed by atoms with Crippen molar-refractivity contribution < 1.29 is 14.3 Å². The molecule has 0 atom stereocenters. The summed E-state index contributed by atoms with van der Waals surface area (Å²) in [6.07, 6.45) is 1.84. The number of aromatic hydroxyl groups is 1. The second kappa shape index (κ2) is 5.48. The standard InChI is InChI=1S/C16H13FO2/c1-2-6-11-9-10-13(16(19)14(11)17)15(18)12-7-4-3-5-8-12/h2-5,7-10,19H,1,6H2. The molecule has 0 heterocycles. The number of hydrogen-bond acceptors (Lipinski definition) is 2. The lowest BCUT2D eigenvalue weighted by Crippen LogP contribution is -2.03. The number of rotatable bonds is 4. The Hall–Kier alpha value is -2.42. The lowest BCUT2D eigenvalue weighted by atomic mass is 9.99. The molecule has 19 heavy (non-hydrogen) atoms. The van der Waals surface area contributed by atoms with E-state index >= 15 is 0 Å². The molecule has 0 aliphatic heterocycles. The van der Waals surface area contributed by atoms with Crippen molar-refractivity contribution in [1.82, 2.24) is 0 Å². The second-order valence-corrected chi connectivity index (χ2v) is 4.12. The summed E-state index contributed by atoms with van der Waals surface area (Å²) in [5, 5.41) is 9.81. The van der Waals surface area contributed by atoms with Gasteiger partial charge in [0.15, 0.2) is 17.3 Å². The molecule has 0 radical (unpaired) electrons. The van der Waals surface area contributed by atoms with Gasteiger partial charge in [-0.3, -0.25) is 4.79 Å². The molecule has 2 aromatic carbocycles. The molecular weight excluding hydrogens is 243 g/mol. The molecule has 3 heteroatoms. The van der Waals surface area contributed by atoms with Crippen molar-refractivity contribution in [3.05, 3.63) is 77.6 Å². The topological polar surface area (TPSA) is 37.3 Å². The van der Waals surface area contributed by atoms with Crippen LogP contribution in [-0.4, -0.2) is 10.9 Å². The summed E-state index contributed by atoms with van der Waals surface area (Å²) in [7, 11) is 0. The average Bonchev–Trinajstić information content (AvgIpc) is 2.45. The number of benzene rings is 2. The molecule has 0 saturated carbocycles. The van der Waals surface area contributed by atoms with Gasteiger partial charge in [-0.15, -0.1) is 6.58 Å². The normalized spacial score (nSPS) is 10.2. The van der Waals surface area contributed by atoms with Gasteiger partial charge in [0.25, 0.3) is 0 Å². The summed E-state index contributed by atoms with van der Waals surface area (Å²) in [4.78, 5) is 12.1. The van der Waals surface area contributed by atoms with E-state index in [0.717, 1.165) is 0 Å². The van der Waals surface area contributed by atoms with Crippen LogP contribution < -0.4 is 0 Å². The number of hydrogen-bond donors (Lipinski definition) is 1. The van der Waals surface area contributed by atoms with E-state index in [0.29, 0.717) is 17.5 Å². The molecule has 0 aliphatic carbocycles. The summed E-state index contributed by atoms with van der Waals surface area (Å²) in [5.74, 6) is -1.77. The van der Waals surface area contributed by atoms with Crippen molar-refractivity contribution >= 4 is 5.78 Å². The molecule has 0 aliphatic rings. The molecule has 2 rings (SSSR count). The van der Waals surface area contributed by atoms with E-state index < -0.39 is 17.3 Å². The van der Waals surface area contributed by atoms with Gasteiger partial charge >= 0.3 is 0 Å². The monoisotopic (exact) mass is 256 g/mol. The molecule has 0 unspecified atom stereocenters. The third-order valence-electron chi connectivity index (χ3n) is 2.84. The van der Waals surface area contributed by atoms with Crippen molar-refractivity contribution in [1.29, 1.82) is 0 Å². The predicted octanol–water partition coefficient (Wildman–Crippen LogP) is 3.49. The Bertz CT molecular complexity index is 618. The van der Waals surface area contributed by atoms with Crippen LogP contribution in [0.2, 0.25) is 0 Å². The van der Waals surface area contributed by atoms with E-state index in [1.165, 1.54) is 18.2 Å². The minimum Gasteiger partial charge on any atom is -0.504 e. The first-order valence-electron chi connectivity index (χ1n) is 5.86. The van der Waals surface area contributed by atoms with Crippen LogP contribution in [0, 0.1) is 5.82 Å². The first-order chi connectivity index (χ1) is 9.15. The summed E-state index contributed by atoms with van der Waals surface area (Å²) in [6, 6.07) is 11.4. The molecule has 0 spiro atoms. The minimum atomic E-state index is -0.762. The quantitative estimate of drug-likeness (QED) is 0.671. The minimum absolute atomic E-state index is 0.0310. The first-order valence-corrected chi connectivity index (χ1v) is 5.86. The third kappa shape index (κ3) is 2.55. The van der Waals surface area contributed by atoms with Crippen molar-refractivity contribution in [2.24, 2.45) is 0 Å². The van der Waals surface area contributed by atoms with Gasteiger partial charge < -0.3 is 5.11 Å². The largest absolute Gasteiger partial charge is 0.504 e. The van der Waals surface area contributed by atoms with Crippen molar-refractivity contribution in [2.45, 2.75) is 6.42 Å². The molecule has 0 aromatic heterocycles. The van der Waals surface area contributed by atoms with Crippen LogP contribution in [0.5, 0.6) is 5.75 Å². The van der Waals surface area contributed by atoms with Crippen LogP contribution in [0.25, 0.3) is 0 Å². The van der Waals surface area contributed by atoms with E-state index in [-0.39, 0.29) is 5.56 Å². The highest BCUT2D eigenvalue weighted by Crippen LogP contribution is 2.27. The van der Waals surface area contributed by atoms with Crippen LogP contribution >= 0.6 is 0 Å². The fourth-order valence-electron chi connectivity index (χ4n) is 1.85. The smallest absolute Gasteiger partial charge is 0.196 e. The highest BCUT2D eigenvalue weighted by atomic mass is 19.1. The fraction of sp³-hybridized carbons (Fsp3) is 0.0625. The zero-order chi connectivity index (χ0) is 13.8. The van der Waals surface area contributed by atoms with Gasteiger partial charge in [0, 0.05) is 5.56 Å². The molecule has 96 valence electrons. The molecule has 0 fully saturated rings. The van der Waals surface area contributed by atoms with Crippen molar-refractivity contribution in [3.63, 3.8) is 0 Å². The summed E-state index contributed by atoms with van der Waals surface area (Å²) in [6.45, 7) is 3.52. The number of allylic oxidation sites excluding steroid dienone is 1. The number of carbonyl (C=O) groups is 1. The summed E-state index contributed by atoms with van der Waals surface area (Å²) < 4.78 is 13.9. The van der Waals surface area contributed by atoms with E-state index in [1.807, 2.05) is 0 Å². The van der Waals surface area contributed by atoms with E-state index in [1.54, 1.807) is 30.3 Å². The van der Waals surface area contributed by atoms with Crippen LogP contribution in [0.15, 0.2) is 55.1 Å². The van der Waals surface area contributed by atoms with Gasteiger partial charge in [0.2, 0.25) is 0 Å². The summed E-state index contributed by atoms with van der Waals surface area (Å²) in [5.41, 5.74) is 0.697. The van der Waals surface area contributed by atoms with Gasteiger partial charge in [0.05, 0.1) is 5.56 Å². The van der Waals surface area contributed by atoms with Crippen LogP contribution in [0.3, 0.4) is 0 Å². The molecule has 0 saturated heterocycles. The van der Waals surface area contributed by atoms with Gasteiger partial charge in [-0.25, -0.2) is 4.39 Å². The van der Waals surface area contributed by atoms with Crippen LogP contribution in [0.4, 0.5) is 4.39 Å². The Morgan fingerprint density at radius 3 is 2.53 bits per heavy atom. The zero-order valence-electron chi connectivity index (χ0n) is 10.3. The molecule has 1 N–H and O–H groups in total. The van der Waals surface area contributed by atoms with Crippen molar-refractivity contribution in [2.75, 3.05) is 0 Å². The Morgan fingerprint density at radius 2 is 1.89 bits per heavy atom. The maximum atomic E-state index is 13.9. The predicted molar refractivity (Wildman–Crippen MR) is 71.8 cm³/mol. The molecule has 0 bridgehead atoms. The molecule has 2 aromatic rings. The third-order valence-corrected chi connectivity index (χ3v) is 2.84. The maximum absolute atomic E-state index is 13.9. The number of ketones is 1. The maximum Gasteiger partial charge on any atom is 0.196 e. The lowest BCUT2D eigenvalue weighted by molar-refractivity contribution is 0.103. The van der Waals surface area contributed by atoms with Gasteiger partial charge in [-0.1, -0.05) is 42.5 Å². The number of phenols is 1. The van der Waals surface area contributed by atoms with E-state index in [4.69, 9.17) is 0 Å². The Morgan fingerprint density at radius 1 is 1.21 bits per heavy atom. The van der Waals surface area contributed by atoms with Crippen LogP contribution in [-0.2, 0) is 6.42 Å². The van der Waals surface area contributed by atoms with Crippen LogP contribution in [0.1, 0.15) is 21.5 Å². The molecule has 0 amide bonds. The van der Waals surface area contributed by atoms with Crippen molar-refractivity contribution in [3.8, 4) is 5.75 Å². The molecular formula is C16H13FO2. The lowest BCUT2D eigenvalue weighted by Gasteiger charge is -2.08. The van der Waals surface area contributed by atoms with E-state index in [9.17, 15) is 14.3 Å². The van der Waals surface area contributed by atoms with Gasteiger partial charge in [-0.05, 0) is 18.1 Å². The number of carbonyl (C=O) groups excluding carboxylic acids is 1. The van der Waals surface area contributed by atoms with Gasteiger partial charge in [-0.2, -0.15) is 0 Å². The van der Waals surface area contributed by atoms with E-state index in [2.05, 4.69) is 6.58 Å². The Balaban J connectivity index is 2.44. The summed E-state index contributed by atoms with van der Waals surface area (Å²) >= 11 is 0.